The van der Waals surface area contributed by atoms with Gasteiger partial charge in [-0.1, -0.05) is 13.0 Å². The zero-order valence-electron chi connectivity index (χ0n) is 11.1. The van der Waals surface area contributed by atoms with Crippen LogP contribution in [0.25, 0.3) is 0 Å². The highest BCUT2D eigenvalue weighted by molar-refractivity contribution is 7.94. The fraction of sp³-hybridized carbons (Fsp3) is 0.231. The first-order chi connectivity index (χ1) is 9.47. The van der Waals surface area contributed by atoms with Crippen molar-refractivity contribution in [3.63, 3.8) is 0 Å². The first kappa shape index (κ1) is 14.7. The topological polar surface area (TPSA) is 75.6 Å². The van der Waals surface area contributed by atoms with Gasteiger partial charge in [-0.15, -0.1) is 11.3 Å². The van der Waals surface area contributed by atoms with Crippen LogP contribution < -0.4 is 9.46 Å². The Morgan fingerprint density at radius 3 is 2.65 bits per heavy atom. The summed E-state index contributed by atoms with van der Waals surface area (Å²) in [6, 6.07) is 7.88. The molecule has 0 aliphatic heterocycles. The van der Waals surface area contributed by atoms with Crippen molar-refractivity contribution in [1.29, 1.82) is 0 Å². The Balaban J connectivity index is 2.38. The molecule has 0 unspecified atom stereocenters. The third-order valence-corrected chi connectivity index (χ3v) is 5.78. The number of thiophene rings is 1. The molecule has 0 aliphatic carbocycles. The minimum Gasteiger partial charge on any atom is -0.506 e. The van der Waals surface area contributed by atoms with Crippen molar-refractivity contribution in [3.05, 3.63) is 35.2 Å². The Labute approximate surface area is 121 Å². The highest BCUT2D eigenvalue weighted by Crippen LogP contribution is 2.35. The number of aryl methyl sites for hydroxylation is 1. The predicted molar refractivity (Wildman–Crippen MR) is 79.2 cm³/mol. The highest BCUT2D eigenvalue weighted by Gasteiger charge is 2.20. The second kappa shape index (κ2) is 5.72. The Hall–Kier alpha value is -1.73. The molecule has 0 saturated heterocycles. The Morgan fingerprint density at radius 1 is 1.30 bits per heavy atom. The van der Waals surface area contributed by atoms with E-state index in [0.29, 0.717) is 0 Å². The van der Waals surface area contributed by atoms with E-state index < -0.39 is 10.0 Å². The molecule has 2 N–H and O–H groups in total. The Bertz CT molecular complexity index is 707. The summed E-state index contributed by atoms with van der Waals surface area (Å²) >= 11 is 1.21. The molecule has 7 heteroatoms. The molecule has 0 aliphatic rings. The quantitative estimate of drug-likeness (QED) is 0.832. The van der Waals surface area contributed by atoms with Gasteiger partial charge in [-0.2, -0.15) is 0 Å². The molecule has 1 aromatic carbocycles. The molecule has 108 valence electrons. The molecular formula is C13H15NO4S2. The van der Waals surface area contributed by atoms with Crippen LogP contribution in [0.4, 0.5) is 5.69 Å². The number of phenols is 1. The predicted octanol–water partition coefficient (Wildman–Crippen LogP) is 2.83. The normalized spacial score (nSPS) is 11.3. The number of sulfonamides is 1. The SMILES string of the molecule is CCc1ccc(S(=O)(=O)Nc2c(O)cccc2OC)s1. The molecule has 0 spiro atoms. The van der Waals surface area contributed by atoms with Gasteiger partial charge in [0.25, 0.3) is 10.0 Å². The molecule has 0 saturated carbocycles. The summed E-state index contributed by atoms with van der Waals surface area (Å²) in [4.78, 5) is 0.981. The van der Waals surface area contributed by atoms with E-state index in [1.54, 1.807) is 24.3 Å². The summed E-state index contributed by atoms with van der Waals surface area (Å²) in [6.07, 6.45) is 0.778. The number of ether oxygens (including phenoxy) is 1. The third-order valence-electron chi connectivity index (χ3n) is 2.71. The molecule has 0 fully saturated rings. The van der Waals surface area contributed by atoms with Gasteiger partial charge in [-0.3, -0.25) is 4.72 Å². The molecule has 1 aromatic heterocycles. The number of hydrogen-bond donors (Lipinski definition) is 2. The summed E-state index contributed by atoms with van der Waals surface area (Å²) < 4.78 is 32.2. The molecule has 20 heavy (non-hydrogen) atoms. The van der Waals surface area contributed by atoms with Crippen molar-refractivity contribution in [1.82, 2.24) is 0 Å². The lowest BCUT2D eigenvalue weighted by Crippen LogP contribution is -2.12. The van der Waals surface area contributed by atoms with Gasteiger partial charge in [-0.25, -0.2) is 8.42 Å². The van der Waals surface area contributed by atoms with E-state index in [1.165, 1.54) is 24.5 Å². The van der Waals surface area contributed by atoms with Gasteiger partial charge < -0.3 is 9.84 Å². The third kappa shape index (κ3) is 2.88. The molecule has 5 nitrogen and oxygen atoms in total. The summed E-state index contributed by atoms with van der Waals surface area (Å²) in [6.45, 7) is 1.96. The van der Waals surface area contributed by atoms with E-state index in [1.807, 2.05) is 6.92 Å². The van der Waals surface area contributed by atoms with Crippen molar-refractivity contribution < 1.29 is 18.3 Å². The molecular weight excluding hydrogens is 298 g/mol. The first-order valence-electron chi connectivity index (χ1n) is 5.95. The second-order valence-corrected chi connectivity index (χ2v) is 7.11. The van der Waals surface area contributed by atoms with Gasteiger partial charge in [-0.05, 0) is 30.7 Å². The summed E-state index contributed by atoms with van der Waals surface area (Å²) in [5, 5.41) is 9.78. The standard InChI is InChI=1S/C13H15NO4S2/c1-3-9-7-8-12(19-9)20(16,17)14-13-10(15)5-4-6-11(13)18-2/h4-8,14-15H,3H2,1-2H3. The number of nitrogens with one attached hydrogen (secondary N) is 1. The maximum atomic E-state index is 12.3. The highest BCUT2D eigenvalue weighted by atomic mass is 32.2. The fourth-order valence-electron chi connectivity index (χ4n) is 1.67. The van der Waals surface area contributed by atoms with Crippen LogP contribution in [0.5, 0.6) is 11.5 Å². The molecule has 0 radical (unpaired) electrons. The van der Waals surface area contributed by atoms with Crippen LogP contribution in [0, 0.1) is 0 Å². The number of para-hydroxylation sites is 1. The largest absolute Gasteiger partial charge is 0.506 e. The molecule has 0 amide bonds. The number of aromatic hydroxyl groups is 1. The van der Waals surface area contributed by atoms with E-state index in [4.69, 9.17) is 4.74 Å². The maximum Gasteiger partial charge on any atom is 0.271 e. The molecule has 0 bridgehead atoms. The minimum atomic E-state index is -3.73. The van der Waals surface area contributed by atoms with Gasteiger partial charge in [0.2, 0.25) is 0 Å². The lowest BCUT2D eigenvalue weighted by atomic mass is 10.3. The van der Waals surface area contributed by atoms with Crippen LogP contribution in [0.2, 0.25) is 0 Å². The minimum absolute atomic E-state index is 0.0430. The lowest BCUT2D eigenvalue weighted by Gasteiger charge is -2.12. The monoisotopic (exact) mass is 313 g/mol. The Kier molecular flexibility index (Phi) is 4.20. The number of rotatable bonds is 5. The smallest absolute Gasteiger partial charge is 0.271 e. The number of benzene rings is 1. The lowest BCUT2D eigenvalue weighted by molar-refractivity contribution is 0.411. The first-order valence-corrected chi connectivity index (χ1v) is 8.25. The van der Waals surface area contributed by atoms with Crippen LogP contribution in [-0.2, 0) is 16.4 Å². The van der Waals surface area contributed by atoms with E-state index in [-0.39, 0.29) is 21.4 Å². The van der Waals surface area contributed by atoms with Crippen molar-refractivity contribution >= 4 is 27.0 Å². The van der Waals surface area contributed by atoms with Gasteiger partial charge in [0.15, 0.2) is 0 Å². The molecule has 0 atom stereocenters. The summed E-state index contributed by atoms with van der Waals surface area (Å²) in [5.41, 5.74) is 0.0430. The molecule has 2 rings (SSSR count). The van der Waals surface area contributed by atoms with E-state index >= 15 is 0 Å². The summed E-state index contributed by atoms with van der Waals surface area (Å²) in [7, 11) is -2.32. The van der Waals surface area contributed by atoms with Crippen LogP contribution in [0.1, 0.15) is 11.8 Å². The zero-order chi connectivity index (χ0) is 14.8. The van der Waals surface area contributed by atoms with Crippen LogP contribution in [0.15, 0.2) is 34.5 Å². The van der Waals surface area contributed by atoms with Crippen LogP contribution >= 0.6 is 11.3 Å². The average Bonchev–Trinajstić information content (AvgIpc) is 2.90. The molecule has 2 aromatic rings. The maximum absolute atomic E-state index is 12.3. The molecule has 1 heterocycles. The van der Waals surface area contributed by atoms with Crippen molar-refractivity contribution in [2.24, 2.45) is 0 Å². The number of hydrogen-bond acceptors (Lipinski definition) is 5. The van der Waals surface area contributed by atoms with Crippen molar-refractivity contribution in [2.45, 2.75) is 17.6 Å². The zero-order valence-corrected chi connectivity index (χ0v) is 12.7. The number of methoxy groups -OCH3 is 1. The van der Waals surface area contributed by atoms with Crippen LogP contribution in [-0.4, -0.2) is 20.6 Å². The second-order valence-electron chi connectivity index (χ2n) is 4.03. The van der Waals surface area contributed by atoms with E-state index in [2.05, 4.69) is 4.72 Å². The van der Waals surface area contributed by atoms with Gasteiger partial charge in [0, 0.05) is 4.88 Å². The van der Waals surface area contributed by atoms with E-state index in [0.717, 1.165) is 11.3 Å². The number of phenolic OH excluding ortho intramolecular Hbond substituents is 1. The van der Waals surface area contributed by atoms with E-state index in [9.17, 15) is 13.5 Å². The summed E-state index contributed by atoms with van der Waals surface area (Å²) in [5.74, 6) is 0.0843. The van der Waals surface area contributed by atoms with Gasteiger partial charge >= 0.3 is 0 Å². The Morgan fingerprint density at radius 2 is 2.05 bits per heavy atom. The van der Waals surface area contributed by atoms with Crippen molar-refractivity contribution in [3.8, 4) is 11.5 Å². The van der Waals surface area contributed by atoms with Crippen molar-refractivity contribution in [2.75, 3.05) is 11.8 Å². The fourth-order valence-corrected chi connectivity index (χ4v) is 4.05. The number of anilines is 1. The average molecular weight is 313 g/mol. The van der Waals surface area contributed by atoms with Gasteiger partial charge in [0.05, 0.1) is 7.11 Å². The van der Waals surface area contributed by atoms with Crippen LogP contribution in [0.3, 0.4) is 0 Å². The van der Waals surface area contributed by atoms with Gasteiger partial charge in [0.1, 0.15) is 21.4 Å².